The molecule has 0 spiro atoms. The van der Waals surface area contributed by atoms with Gasteiger partial charge in [-0.05, 0) is 26.3 Å². The molecule has 3 nitrogen and oxygen atoms in total. The Balaban J connectivity index is 2.47. The largest absolute Gasteiger partial charge is 0.377 e. The van der Waals surface area contributed by atoms with E-state index in [0.29, 0.717) is 12.3 Å². The van der Waals surface area contributed by atoms with Crippen LogP contribution in [-0.2, 0) is 9.53 Å². The van der Waals surface area contributed by atoms with Gasteiger partial charge in [-0.2, -0.15) is 0 Å². The van der Waals surface area contributed by atoms with Gasteiger partial charge in [0.1, 0.15) is 5.78 Å². The monoisotopic (exact) mass is 213 g/mol. The molecule has 0 aromatic rings. The third-order valence-electron chi connectivity index (χ3n) is 3.25. The van der Waals surface area contributed by atoms with Crippen LogP contribution in [0.15, 0.2) is 0 Å². The maximum atomic E-state index is 11.6. The minimum Gasteiger partial charge on any atom is -0.377 e. The standard InChI is InChI=1S/C12H23NO2/c1-10(2)11(14)8-13-7-5-6-12(3,9-13)15-4/h10H,5-9H2,1-4H3. The fourth-order valence-electron chi connectivity index (χ4n) is 2.01. The molecule has 1 aliphatic heterocycles. The van der Waals surface area contributed by atoms with E-state index in [1.807, 2.05) is 13.8 Å². The number of methoxy groups -OCH3 is 1. The molecule has 15 heavy (non-hydrogen) atoms. The van der Waals surface area contributed by atoms with Crippen molar-refractivity contribution in [2.24, 2.45) is 5.92 Å². The molecule has 1 heterocycles. The summed E-state index contributed by atoms with van der Waals surface area (Å²) in [4.78, 5) is 13.8. The highest BCUT2D eigenvalue weighted by molar-refractivity contribution is 5.82. The van der Waals surface area contributed by atoms with Gasteiger partial charge in [-0.3, -0.25) is 9.69 Å². The van der Waals surface area contributed by atoms with Gasteiger partial charge in [0.2, 0.25) is 0 Å². The van der Waals surface area contributed by atoms with Crippen molar-refractivity contribution < 1.29 is 9.53 Å². The first-order chi connectivity index (χ1) is 6.97. The highest BCUT2D eigenvalue weighted by Crippen LogP contribution is 2.23. The number of hydrogen-bond donors (Lipinski definition) is 0. The molecule has 0 radical (unpaired) electrons. The van der Waals surface area contributed by atoms with E-state index in [9.17, 15) is 4.79 Å². The van der Waals surface area contributed by atoms with Crippen molar-refractivity contribution >= 4 is 5.78 Å². The second-order valence-corrected chi connectivity index (χ2v) is 5.09. The molecule has 0 amide bonds. The zero-order chi connectivity index (χ0) is 11.5. The zero-order valence-electron chi connectivity index (χ0n) is 10.4. The molecule has 0 saturated carbocycles. The van der Waals surface area contributed by atoms with Gasteiger partial charge in [0, 0.05) is 19.6 Å². The molecule has 0 aliphatic carbocycles. The van der Waals surface area contributed by atoms with Crippen molar-refractivity contribution in [3.05, 3.63) is 0 Å². The number of hydrogen-bond acceptors (Lipinski definition) is 3. The van der Waals surface area contributed by atoms with E-state index >= 15 is 0 Å². The van der Waals surface area contributed by atoms with E-state index in [0.717, 1.165) is 25.9 Å². The van der Waals surface area contributed by atoms with Crippen LogP contribution in [0.5, 0.6) is 0 Å². The topological polar surface area (TPSA) is 29.5 Å². The van der Waals surface area contributed by atoms with Crippen molar-refractivity contribution in [3.8, 4) is 0 Å². The van der Waals surface area contributed by atoms with Gasteiger partial charge in [-0.15, -0.1) is 0 Å². The number of likely N-dealkylation sites (tertiary alicyclic amines) is 1. The second kappa shape index (κ2) is 5.08. The fraction of sp³-hybridized carbons (Fsp3) is 0.917. The van der Waals surface area contributed by atoms with E-state index in [-0.39, 0.29) is 11.5 Å². The summed E-state index contributed by atoms with van der Waals surface area (Å²) in [5.41, 5.74) is -0.0600. The van der Waals surface area contributed by atoms with E-state index in [2.05, 4.69) is 11.8 Å². The average Bonchev–Trinajstić information content (AvgIpc) is 2.18. The first-order valence-electron chi connectivity index (χ1n) is 5.77. The Bertz CT molecular complexity index is 228. The maximum absolute atomic E-state index is 11.6. The lowest BCUT2D eigenvalue weighted by Crippen LogP contribution is -2.49. The average molecular weight is 213 g/mol. The summed E-state index contributed by atoms with van der Waals surface area (Å²) in [7, 11) is 1.76. The van der Waals surface area contributed by atoms with Crippen molar-refractivity contribution in [1.82, 2.24) is 4.90 Å². The highest BCUT2D eigenvalue weighted by atomic mass is 16.5. The summed E-state index contributed by atoms with van der Waals surface area (Å²) in [5.74, 6) is 0.469. The summed E-state index contributed by atoms with van der Waals surface area (Å²) in [6.45, 7) is 8.53. The normalized spacial score (nSPS) is 28.3. The van der Waals surface area contributed by atoms with Crippen molar-refractivity contribution in [3.63, 3.8) is 0 Å². The smallest absolute Gasteiger partial charge is 0.149 e. The fourth-order valence-corrected chi connectivity index (χ4v) is 2.01. The Morgan fingerprint density at radius 3 is 2.73 bits per heavy atom. The van der Waals surface area contributed by atoms with Gasteiger partial charge in [0.25, 0.3) is 0 Å². The molecule has 0 N–H and O–H groups in total. The van der Waals surface area contributed by atoms with Gasteiger partial charge in [0.15, 0.2) is 0 Å². The summed E-state index contributed by atoms with van der Waals surface area (Å²) in [6, 6.07) is 0. The Labute approximate surface area is 92.8 Å². The molecule has 0 bridgehead atoms. The lowest BCUT2D eigenvalue weighted by atomic mass is 9.94. The predicted molar refractivity (Wildman–Crippen MR) is 60.9 cm³/mol. The third kappa shape index (κ3) is 3.58. The summed E-state index contributed by atoms with van der Waals surface area (Å²) < 4.78 is 5.50. The first kappa shape index (κ1) is 12.7. The zero-order valence-corrected chi connectivity index (χ0v) is 10.4. The lowest BCUT2D eigenvalue weighted by Gasteiger charge is -2.39. The van der Waals surface area contributed by atoms with Crippen molar-refractivity contribution in [2.45, 2.75) is 39.2 Å². The predicted octanol–water partition coefficient (Wildman–Crippen LogP) is 1.71. The Hall–Kier alpha value is -0.410. The van der Waals surface area contributed by atoms with Crippen LogP contribution < -0.4 is 0 Å². The quantitative estimate of drug-likeness (QED) is 0.712. The SMILES string of the molecule is COC1(C)CCCN(CC(=O)C(C)C)C1. The molecule has 1 atom stereocenters. The Kier molecular flexibility index (Phi) is 4.29. The molecular formula is C12H23NO2. The minimum absolute atomic E-state index is 0.0600. The van der Waals surface area contributed by atoms with E-state index in [1.54, 1.807) is 7.11 Å². The third-order valence-corrected chi connectivity index (χ3v) is 3.25. The van der Waals surface area contributed by atoms with E-state index in [4.69, 9.17) is 4.74 Å². The molecule has 3 heteroatoms. The number of carbonyl (C=O) groups is 1. The molecule has 1 aliphatic rings. The van der Waals surface area contributed by atoms with E-state index in [1.165, 1.54) is 0 Å². The molecule has 0 aromatic heterocycles. The number of ether oxygens (including phenoxy) is 1. The van der Waals surface area contributed by atoms with Crippen LogP contribution in [0.1, 0.15) is 33.6 Å². The number of carbonyl (C=O) groups excluding carboxylic acids is 1. The Morgan fingerprint density at radius 1 is 1.53 bits per heavy atom. The van der Waals surface area contributed by atoms with Crippen LogP contribution in [0.4, 0.5) is 0 Å². The number of ketones is 1. The molecule has 1 unspecified atom stereocenters. The summed E-state index contributed by atoms with van der Waals surface area (Å²) in [5, 5.41) is 0. The Morgan fingerprint density at radius 2 is 2.20 bits per heavy atom. The van der Waals surface area contributed by atoms with Crippen LogP contribution in [0, 0.1) is 5.92 Å². The van der Waals surface area contributed by atoms with E-state index < -0.39 is 0 Å². The van der Waals surface area contributed by atoms with Gasteiger partial charge in [0.05, 0.1) is 12.1 Å². The summed E-state index contributed by atoms with van der Waals surface area (Å²) in [6.07, 6.45) is 2.21. The summed E-state index contributed by atoms with van der Waals surface area (Å²) >= 11 is 0. The minimum atomic E-state index is -0.0600. The molecule has 1 rings (SSSR count). The van der Waals surface area contributed by atoms with Crippen LogP contribution in [0.25, 0.3) is 0 Å². The van der Waals surface area contributed by atoms with Gasteiger partial charge in [-0.1, -0.05) is 13.8 Å². The van der Waals surface area contributed by atoms with Gasteiger partial charge < -0.3 is 4.74 Å². The van der Waals surface area contributed by atoms with Crippen molar-refractivity contribution in [1.29, 1.82) is 0 Å². The molecule has 88 valence electrons. The van der Waals surface area contributed by atoms with Crippen molar-refractivity contribution in [2.75, 3.05) is 26.7 Å². The molecular weight excluding hydrogens is 190 g/mol. The highest BCUT2D eigenvalue weighted by Gasteiger charge is 2.31. The number of piperidine rings is 1. The maximum Gasteiger partial charge on any atom is 0.149 e. The molecule has 1 saturated heterocycles. The first-order valence-corrected chi connectivity index (χ1v) is 5.77. The second-order valence-electron chi connectivity index (χ2n) is 5.09. The number of nitrogens with zero attached hydrogens (tertiary/aromatic N) is 1. The van der Waals surface area contributed by atoms with Crippen LogP contribution >= 0.6 is 0 Å². The number of Topliss-reactive ketones (excluding diaryl/α,β-unsaturated/α-hetero) is 1. The van der Waals surface area contributed by atoms with Crippen LogP contribution in [0.2, 0.25) is 0 Å². The number of rotatable bonds is 4. The lowest BCUT2D eigenvalue weighted by molar-refractivity contribution is -0.125. The molecule has 0 aromatic carbocycles. The molecule has 1 fully saturated rings. The van der Waals surface area contributed by atoms with Crippen LogP contribution in [-0.4, -0.2) is 43.0 Å². The van der Waals surface area contributed by atoms with Crippen LogP contribution in [0.3, 0.4) is 0 Å². The van der Waals surface area contributed by atoms with Gasteiger partial charge in [-0.25, -0.2) is 0 Å². The van der Waals surface area contributed by atoms with Gasteiger partial charge >= 0.3 is 0 Å².